The molecule has 19 heavy (non-hydrogen) atoms. The van der Waals surface area contributed by atoms with Gasteiger partial charge in [0.2, 0.25) is 11.4 Å². The number of hydrogen-bond acceptors (Lipinski definition) is 2. The van der Waals surface area contributed by atoms with E-state index in [9.17, 15) is 4.79 Å². The van der Waals surface area contributed by atoms with Crippen molar-refractivity contribution in [3.8, 4) is 0 Å². The van der Waals surface area contributed by atoms with Gasteiger partial charge in [-0.15, -0.1) is 0 Å². The van der Waals surface area contributed by atoms with Crippen molar-refractivity contribution in [2.45, 2.75) is 19.0 Å². The Labute approximate surface area is 122 Å². The molecule has 0 radical (unpaired) electrons. The Morgan fingerprint density at radius 3 is 2.32 bits per heavy atom. The molecule has 1 aromatic carbocycles. The molecule has 1 unspecified atom stereocenters. The SMILES string of the molecule is C=CC(=O)C(N)(c1ccccc1)[N+](C)(C)CCC.[Cl-]. The molecule has 0 aliphatic rings. The average molecular weight is 283 g/mol. The lowest BCUT2D eigenvalue weighted by atomic mass is 9.91. The first-order valence-corrected chi connectivity index (χ1v) is 6.24. The van der Waals surface area contributed by atoms with Crippen LogP contribution in [0.1, 0.15) is 18.9 Å². The first-order chi connectivity index (χ1) is 8.40. The molecule has 1 atom stereocenters. The Balaban J connectivity index is 0.00000324. The average Bonchev–Trinajstić information content (AvgIpc) is 2.37. The van der Waals surface area contributed by atoms with Crippen molar-refractivity contribution in [1.82, 2.24) is 0 Å². The van der Waals surface area contributed by atoms with Crippen molar-refractivity contribution >= 4 is 5.78 Å². The molecule has 1 aromatic rings. The lowest BCUT2D eigenvalue weighted by Crippen LogP contribution is -3.00. The van der Waals surface area contributed by atoms with E-state index in [1.807, 2.05) is 44.4 Å². The highest BCUT2D eigenvalue weighted by Gasteiger charge is 2.48. The van der Waals surface area contributed by atoms with Gasteiger partial charge >= 0.3 is 0 Å². The molecule has 0 aliphatic carbocycles. The highest BCUT2D eigenvalue weighted by molar-refractivity contribution is 5.96. The summed E-state index contributed by atoms with van der Waals surface area (Å²) in [5, 5.41) is 0. The maximum atomic E-state index is 12.3. The van der Waals surface area contributed by atoms with E-state index in [4.69, 9.17) is 5.73 Å². The number of carbonyl (C=O) groups excluding carboxylic acids is 1. The van der Waals surface area contributed by atoms with E-state index in [2.05, 4.69) is 13.5 Å². The molecule has 2 N–H and O–H groups in total. The number of nitrogens with zero attached hydrogens (tertiary/aromatic N) is 1. The van der Waals surface area contributed by atoms with Gasteiger partial charge in [0.05, 0.1) is 20.6 Å². The molecule has 0 amide bonds. The van der Waals surface area contributed by atoms with Crippen molar-refractivity contribution in [1.29, 1.82) is 0 Å². The normalized spacial score (nSPS) is 14.1. The van der Waals surface area contributed by atoms with Crippen LogP contribution in [-0.4, -0.2) is 30.9 Å². The summed E-state index contributed by atoms with van der Waals surface area (Å²) in [6.45, 7) is 6.50. The van der Waals surface area contributed by atoms with Gasteiger partial charge in [-0.3, -0.25) is 10.5 Å². The molecule has 0 heterocycles. The number of benzene rings is 1. The Hall–Kier alpha value is -1.16. The zero-order valence-corrected chi connectivity index (χ0v) is 12.7. The third kappa shape index (κ3) is 3.24. The number of rotatable bonds is 6. The van der Waals surface area contributed by atoms with Crippen LogP contribution >= 0.6 is 0 Å². The zero-order chi connectivity index (χ0) is 13.8. The van der Waals surface area contributed by atoms with Crippen molar-refractivity contribution in [3.05, 3.63) is 48.6 Å². The molecule has 4 heteroatoms. The molecule has 0 aromatic heterocycles. The molecule has 106 valence electrons. The van der Waals surface area contributed by atoms with Gasteiger partial charge in [-0.25, -0.2) is 0 Å². The zero-order valence-electron chi connectivity index (χ0n) is 11.9. The van der Waals surface area contributed by atoms with Gasteiger partial charge in [0.25, 0.3) is 0 Å². The molecular formula is C15H23ClN2O. The molecule has 0 aliphatic heterocycles. The Bertz CT molecular complexity index is 431. The fraction of sp³-hybridized carbons (Fsp3) is 0.400. The van der Waals surface area contributed by atoms with E-state index in [1.54, 1.807) is 0 Å². The van der Waals surface area contributed by atoms with E-state index < -0.39 is 5.66 Å². The molecule has 0 fully saturated rings. The number of likely N-dealkylation sites (N-methyl/N-ethyl adjacent to an activating group) is 1. The van der Waals surface area contributed by atoms with Gasteiger partial charge in [-0.05, 0) is 12.5 Å². The summed E-state index contributed by atoms with van der Waals surface area (Å²) in [6.07, 6.45) is 2.28. The minimum absolute atomic E-state index is 0. The van der Waals surface area contributed by atoms with E-state index in [0.717, 1.165) is 18.5 Å². The lowest BCUT2D eigenvalue weighted by molar-refractivity contribution is -0.938. The number of ketones is 1. The maximum Gasteiger partial charge on any atom is 0.240 e. The van der Waals surface area contributed by atoms with Crippen LogP contribution in [0.5, 0.6) is 0 Å². The Kier molecular flexibility index (Phi) is 6.43. The summed E-state index contributed by atoms with van der Waals surface area (Å²) in [4.78, 5) is 12.3. The molecule has 3 nitrogen and oxygen atoms in total. The third-order valence-electron chi connectivity index (χ3n) is 3.51. The largest absolute Gasteiger partial charge is 1.00 e. The topological polar surface area (TPSA) is 43.1 Å². The molecule has 1 rings (SSSR count). The van der Waals surface area contributed by atoms with Crippen LogP contribution in [-0.2, 0) is 10.5 Å². The monoisotopic (exact) mass is 282 g/mol. The maximum absolute atomic E-state index is 12.3. The molecule has 0 saturated heterocycles. The van der Waals surface area contributed by atoms with Crippen molar-refractivity contribution in [3.63, 3.8) is 0 Å². The van der Waals surface area contributed by atoms with Crippen LogP contribution in [0.25, 0.3) is 0 Å². The van der Waals surface area contributed by atoms with Gasteiger partial charge in [0.1, 0.15) is 0 Å². The predicted molar refractivity (Wildman–Crippen MR) is 74.8 cm³/mol. The van der Waals surface area contributed by atoms with Gasteiger partial charge in [-0.2, -0.15) is 0 Å². The standard InChI is InChI=1S/C15H23N2O.ClH/c1-5-12-17(3,4)15(16,14(18)6-2)13-10-8-7-9-11-13;/h6-11H,2,5,12,16H2,1,3-4H3;1H/q+1;/p-1. The summed E-state index contributed by atoms with van der Waals surface area (Å²) < 4.78 is 0.415. The minimum Gasteiger partial charge on any atom is -1.00 e. The van der Waals surface area contributed by atoms with E-state index in [-0.39, 0.29) is 18.2 Å². The van der Waals surface area contributed by atoms with Crippen LogP contribution in [0.2, 0.25) is 0 Å². The second-order valence-electron chi connectivity index (χ2n) is 5.11. The number of hydrogen-bond donors (Lipinski definition) is 1. The van der Waals surface area contributed by atoms with Gasteiger partial charge < -0.3 is 16.9 Å². The van der Waals surface area contributed by atoms with Crippen molar-refractivity contribution in [2.75, 3.05) is 20.6 Å². The van der Waals surface area contributed by atoms with Crippen molar-refractivity contribution < 1.29 is 21.7 Å². The first-order valence-electron chi connectivity index (χ1n) is 6.24. The van der Waals surface area contributed by atoms with E-state index in [0.29, 0.717) is 4.48 Å². The number of nitrogens with two attached hydrogens (primary N) is 1. The highest BCUT2D eigenvalue weighted by Crippen LogP contribution is 2.29. The molecule has 0 bridgehead atoms. The Morgan fingerprint density at radius 2 is 1.89 bits per heavy atom. The minimum atomic E-state index is -1.07. The van der Waals surface area contributed by atoms with Gasteiger partial charge in [-0.1, -0.05) is 43.8 Å². The van der Waals surface area contributed by atoms with Crippen molar-refractivity contribution in [2.24, 2.45) is 5.73 Å². The van der Waals surface area contributed by atoms with Crippen LogP contribution < -0.4 is 18.1 Å². The number of carbonyl (C=O) groups is 1. The molecule has 0 spiro atoms. The Morgan fingerprint density at radius 1 is 1.37 bits per heavy atom. The van der Waals surface area contributed by atoms with Gasteiger partial charge in [0, 0.05) is 5.56 Å². The fourth-order valence-electron chi connectivity index (χ4n) is 2.37. The van der Waals surface area contributed by atoms with Crippen LogP contribution in [0.4, 0.5) is 0 Å². The number of halogens is 1. The highest BCUT2D eigenvalue weighted by atomic mass is 35.5. The molecule has 0 saturated carbocycles. The summed E-state index contributed by atoms with van der Waals surface area (Å²) in [7, 11) is 3.97. The summed E-state index contributed by atoms with van der Waals surface area (Å²) in [6, 6.07) is 9.52. The van der Waals surface area contributed by atoms with Crippen LogP contribution in [0.15, 0.2) is 43.0 Å². The van der Waals surface area contributed by atoms with E-state index >= 15 is 0 Å². The van der Waals surface area contributed by atoms with Crippen LogP contribution in [0, 0.1) is 0 Å². The lowest BCUT2D eigenvalue weighted by Gasteiger charge is -2.44. The second kappa shape index (κ2) is 6.85. The first kappa shape index (κ1) is 17.8. The summed E-state index contributed by atoms with van der Waals surface area (Å²) >= 11 is 0. The van der Waals surface area contributed by atoms with E-state index in [1.165, 1.54) is 6.08 Å². The van der Waals surface area contributed by atoms with Gasteiger partial charge in [0.15, 0.2) is 0 Å². The summed E-state index contributed by atoms with van der Waals surface area (Å²) in [5.74, 6) is -0.146. The third-order valence-corrected chi connectivity index (χ3v) is 3.51. The quantitative estimate of drug-likeness (QED) is 0.415. The molecular weight excluding hydrogens is 260 g/mol. The smallest absolute Gasteiger partial charge is 0.240 e. The predicted octanol–water partition coefficient (Wildman–Crippen LogP) is -0.956. The second-order valence-corrected chi connectivity index (χ2v) is 5.11. The summed E-state index contributed by atoms with van der Waals surface area (Å²) in [5.41, 5.74) is 6.25. The fourth-order valence-corrected chi connectivity index (χ4v) is 2.37. The van der Waals surface area contributed by atoms with Crippen LogP contribution in [0.3, 0.4) is 0 Å². The number of quaternary nitrogens is 1.